The molecule has 1 fully saturated rings. The minimum Gasteiger partial charge on any atom is -0.370 e. The normalized spacial score (nSPS) is 20.0. The zero-order chi connectivity index (χ0) is 14.8. The summed E-state index contributed by atoms with van der Waals surface area (Å²) in [5.74, 6) is 0.0356. The predicted octanol–water partition coefficient (Wildman–Crippen LogP) is 2.99. The molecule has 110 valence electrons. The topological polar surface area (TPSA) is 29.5 Å². The number of alkyl halides is 1. The van der Waals surface area contributed by atoms with Crippen molar-refractivity contribution in [3.63, 3.8) is 0 Å². The number of benzene rings is 1. The molecule has 1 aliphatic heterocycles. The largest absolute Gasteiger partial charge is 0.370 e. The molecule has 0 aliphatic carbocycles. The standard InChI is InChI=1S/C15H19ClFNO2/c1-15(2,10-16)14(19)18-7-8-20-13(9-18)11-3-5-12(17)6-4-11/h3-6,13H,7-10H2,1-2H3. The molecule has 0 spiro atoms. The minimum atomic E-state index is -0.577. The number of amides is 1. The molecule has 1 aliphatic rings. The third kappa shape index (κ3) is 3.30. The molecule has 0 aromatic heterocycles. The Hall–Kier alpha value is -1.13. The van der Waals surface area contributed by atoms with Crippen LogP contribution in [0.5, 0.6) is 0 Å². The zero-order valence-electron chi connectivity index (χ0n) is 11.7. The summed E-state index contributed by atoms with van der Waals surface area (Å²) in [7, 11) is 0. The molecule has 5 heteroatoms. The number of morpholine rings is 1. The fourth-order valence-corrected chi connectivity index (χ4v) is 2.31. The van der Waals surface area contributed by atoms with Crippen LogP contribution in [0, 0.1) is 11.2 Å². The van der Waals surface area contributed by atoms with Crippen LogP contribution in [0.25, 0.3) is 0 Å². The number of halogens is 2. The molecule has 1 atom stereocenters. The maximum atomic E-state index is 12.9. The molecule has 0 bridgehead atoms. The van der Waals surface area contributed by atoms with Crippen LogP contribution in [0.2, 0.25) is 0 Å². The van der Waals surface area contributed by atoms with Gasteiger partial charge >= 0.3 is 0 Å². The monoisotopic (exact) mass is 299 g/mol. The summed E-state index contributed by atoms with van der Waals surface area (Å²) in [6, 6.07) is 6.20. The number of carbonyl (C=O) groups excluding carboxylic acids is 1. The van der Waals surface area contributed by atoms with Gasteiger partial charge in [0.2, 0.25) is 5.91 Å². The van der Waals surface area contributed by atoms with Crippen molar-refractivity contribution in [1.29, 1.82) is 0 Å². The van der Waals surface area contributed by atoms with Gasteiger partial charge in [-0.25, -0.2) is 4.39 Å². The second-order valence-corrected chi connectivity index (χ2v) is 5.95. The van der Waals surface area contributed by atoms with Gasteiger partial charge in [-0.1, -0.05) is 12.1 Å². The number of hydrogen-bond donors (Lipinski definition) is 0. The second-order valence-electron chi connectivity index (χ2n) is 5.68. The molecule has 1 aromatic carbocycles. The van der Waals surface area contributed by atoms with Crippen LogP contribution in [0.3, 0.4) is 0 Å². The van der Waals surface area contributed by atoms with Crippen molar-refractivity contribution < 1.29 is 13.9 Å². The molecule has 2 rings (SSSR count). The van der Waals surface area contributed by atoms with E-state index in [1.54, 1.807) is 17.0 Å². The Bertz CT molecular complexity index is 475. The van der Waals surface area contributed by atoms with Crippen molar-refractivity contribution in [3.8, 4) is 0 Å². The van der Waals surface area contributed by atoms with E-state index in [1.807, 2.05) is 13.8 Å². The van der Waals surface area contributed by atoms with Crippen LogP contribution in [0.15, 0.2) is 24.3 Å². The van der Waals surface area contributed by atoms with E-state index in [4.69, 9.17) is 16.3 Å². The first-order valence-corrected chi connectivity index (χ1v) is 7.20. The van der Waals surface area contributed by atoms with Crippen molar-refractivity contribution in [1.82, 2.24) is 4.90 Å². The lowest BCUT2D eigenvalue weighted by atomic mass is 9.93. The lowest BCUT2D eigenvalue weighted by molar-refractivity contribution is -0.147. The summed E-state index contributed by atoms with van der Waals surface area (Å²) in [5.41, 5.74) is 0.305. The molecule has 20 heavy (non-hydrogen) atoms. The Morgan fingerprint density at radius 2 is 2.10 bits per heavy atom. The number of rotatable bonds is 3. The molecule has 0 saturated carbocycles. The molecule has 1 amide bonds. The molecular formula is C15H19ClFNO2. The van der Waals surface area contributed by atoms with Crippen LogP contribution in [-0.2, 0) is 9.53 Å². The van der Waals surface area contributed by atoms with E-state index >= 15 is 0 Å². The first-order valence-electron chi connectivity index (χ1n) is 6.66. The van der Waals surface area contributed by atoms with Crippen molar-refractivity contribution in [3.05, 3.63) is 35.6 Å². The molecule has 1 saturated heterocycles. The Morgan fingerprint density at radius 1 is 1.45 bits per heavy atom. The number of ether oxygens (including phenoxy) is 1. The summed E-state index contributed by atoms with van der Waals surface area (Å²) in [6.45, 7) is 5.20. The molecule has 0 N–H and O–H groups in total. The van der Waals surface area contributed by atoms with E-state index in [0.717, 1.165) is 5.56 Å². The average Bonchev–Trinajstić information content (AvgIpc) is 2.47. The van der Waals surface area contributed by atoms with E-state index in [0.29, 0.717) is 19.7 Å². The van der Waals surface area contributed by atoms with Crippen LogP contribution < -0.4 is 0 Å². The maximum Gasteiger partial charge on any atom is 0.229 e. The Morgan fingerprint density at radius 3 is 2.70 bits per heavy atom. The zero-order valence-corrected chi connectivity index (χ0v) is 12.5. The van der Waals surface area contributed by atoms with Gasteiger partial charge in [0.05, 0.1) is 18.6 Å². The minimum absolute atomic E-state index is 0.0305. The molecule has 1 heterocycles. The van der Waals surface area contributed by atoms with Crippen molar-refractivity contribution >= 4 is 17.5 Å². The van der Waals surface area contributed by atoms with Crippen LogP contribution in [0.4, 0.5) is 4.39 Å². The van der Waals surface area contributed by atoms with Gasteiger partial charge in [-0.15, -0.1) is 11.6 Å². The lowest BCUT2D eigenvalue weighted by Crippen LogP contribution is -2.48. The van der Waals surface area contributed by atoms with E-state index in [2.05, 4.69) is 0 Å². The van der Waals surface area contributed by atoms with Gasteiger partial charge in [0, 0.05) is 12.4 Å². The molecule has 3 nitrogen and oxygen atoms in total. The lowest BCUT2D eigenvalue weighted by Gasteiger charge is -2.37. The van der Waals surface area contributed by atoms with Crippen molar-refractivity contribution in [2.75, 3.05) is 25.6 Å². The average molecular weight is 300 g/mol. The highest BCUT2D eigenvalue weighted by molar-refractivity contribution is 6.19. The molecule has 1 unspecified atom stereocenters. The molecule has 1 aromatic rings. The molecular weight excluding hydrogens is 281 g/mol. The Balaban J connectivity index is 2.09. The Labute approximate surface area is 123 Å². The summed E-state index contributed by atoms with van der Waals surface area (Å²) >= 11 is 5.86. The highest BCUT2D eigenvalue weighted by Crippen LogP contribution is 2.27. The van der Waals surface area contributed by atoms with E-state index in [-0.39, 0.29) is 23.7 Å². The fraction of sp³-hybridized carbons (Fsp3) is 0.533. The third-order valence-electron chi connectivity index (χ3n) is 3.51. The summed E-state index contributed by atoms with van der Waals surface area (Å²) in [4.78, 5) is 14.2. The van der Waals surface area contributed by atoms with E-state index < -0.39 is 5.41 Å². The van der Waals surface area contributed by atoms with Gasteiger partial charge in [-0.2, -0.15) is 0 Å². The highest BCUT2D eigenvalue weighted by Gasteiger charge is 2.34. The predicted molar refractivity (Wildman–Crippen MR) is 76.2 cm³/mol. The van der Waals surface area contributed by atoms with Crippen LogP contribution >= 0.6 is 11.6 Å². The SMILES string of the molecule is CC(C)(CCl)C(=O)N1CCOC(c2ccc(F)cc2)C1. The van der Waals surface area contributed by atoms with Crippen molar-refractivity contribution in [2.24, 2.45) is 5.41 Å². The number of hydrogen-bond acceptors (Lipinski definition) is 2. The Kier molecular flexibility index (Phi) is 4.66. The summed E-state index contributed by atoms with van der Waals surface area (Å²) in [6.07, 6.45) is -0.209. The fourth-order valence-electron chi connectivity index (χ4n) is 2.20. The highest BCUT2D eigenvalue weighted by atomic mass is 35.5. The first kappa shape index (κ1) is 15.3. The quantitative estimate of drug-likeness (QED) is 0.803. The van der Waals surface area contributed by atoms with Gasteiger partial charge in [-0.05, 0) is 31.5 Å². The van der Waals surface area contributed by atoms with Gasteiger partial charge < -0.3 is 9.64 Å². The van der Waals surface area contributed by atoms with Gasteiger partial charge in [0.25, 0.3) is 0 Å². The van der Waals surface area contributed by atoms with E-state index in [9.17, 15) is 9.18 Å². The third-order valence-corrected chi connectivity index (χ3v) is 4.18. The maximum absolute atomic E-state index is 12.9. The van der Waals surface area contributed by atoms with Gasteiger partial charge in [0.1, 0.15) is 11.9 Å². The number of carbonyl (C=O) groups is 1. The van der Waals surface area contributed by atoms with Gasteiger partial charge in [0.15, 0.2) is 0 Å². The van der Waals surface area contributed by atoms with Crippen molar-refractivity contribution in [2.45, 2.75) is 20.0 Å². The summed E-state index contributed by atoms with van der Waals surface area (Å²) in [5, 5.41) is 0. The van der Waals surface area contributed by atoms with Gasteiger partial charge in [-0.3, -0.25) is 4.79 Å². The molecule has 0 radical (unpaired) electrons. The summed E-state index contributed by atoms with van der Waals surface area (Å²) < 4.78 is 18.6. The smallest absolute Gasteiger partial charge is 0.229 e. The van der Waals surface area contributed by atoms with E-state index in [1.165, 1.54) is 12.1 Å². The first-order chi connectivity index (χ1) is 9.44. The second kappa shape index (κ2) is 6.10. The van der Waals surface area contributed by atoms with Crippen LogP contribution in [0.1, 0.15) is 25.5 Å². The number of nitrogens with zero attached hydrogens (tertiary/aromatic N) is 1. The van der Waals surface area contributed by atoms with Crippen LogP contribution in [-0.4, -0.2) is 36.4 Å².